The van der Waals surface area contributed by atoms with Crippen molar-refractivity contribution in [1.82, 2.24) is 9.88 Å². The molecule has 0 saturated heterocycles. The van der Waals surface area contributed by atoms with Gasteiger partial charge in [-0.15, -0.1) is 22.7 Å². The van der Waals surface area contributed by atoms with Crippen molar-refractivity contribution < 1.29 is 14.7 Å². The molecule has 0 unspecified atom stereocenters. The van der Waals surface area contributed by atoms with Crippen molar-refractivity contribution >= 4 is 46.2 Å². The van der Waals surface area contributed by atoms with Gasteiger partial charge in [0.15, 0.2) is 0 Å². The molecule has 118 valence electrons. The molecule has 0 saturated carbocycles. The third-order valence-electron chi connectivity index (χ3n) is 3.40. The first-order valence-corrected chi connectivity index (χ1v) is 8.49. The second-order valence-electron chi connectivity index (χ2n) is 5.24. The normalized spacial score (nSPS) is 11.5. The second kappa shape index (κ2) is 6.36. The monoisotopic (exact) mass is 358 g/mol. The largest absolute Gasteiger partial charge is 0.480 e. The first-order valence-electron chi connectivity index (χ1n) is 6.42. The van der Waals surface area contributed by atoms with E-state index in [9.17, 15) is 9.59 Å². The molecule has 0 radical (unpaired) electrons. The molecule has 2 rings (SSSR count). The SMILES string of the molecule is CN(C(=O)Cc1csc(-c2ccc(Cl)s2)n1)C(C)(C)C(=O)O. The average Bonchev–Trinajstić information content (AvgIpc) is 3.06. The van der Waals surface area contributed by atoms with Gasteiger partial charge in [-0.3, -0.25) is 4.79 Å². The predicted molar refractivity (Wildman–Crippen MR) is 88.6 cm³/mol. The quantitative estimate of drug-likeness (QED) is 0.889. The van der Waals surface area contributed by atoms with E-state index in [2.05, 4.69) is 4.98 Å². The van der Waals surface area contributed by atoms with Gasteiger partial charge in [-0.2, -0.15) is 0 Å². The van der Waals surface area contributed by atoms with Crippen molar-refractivity contribution in [2.75, 3.05) is 7.05 Å². The maximum atomic E-state index is 12.2. The summed E-state index contributed by atoms with van der Waals surface area (Å²) in [5.74, 6) is -1.33. The Morgan fingerprint density at radius 2 is 2.09 bits per heavy atom. The molecule has 0 aliphatic heterocycles. The van der Waals surface area contributed by atoms with E-state index in [0.717, 1.165) is 9.88 Å². The number of nitrogens with zero attached hydrogens (tertiary/aromatic N) is 2. The molecule has 0 fully saturated rings. The number of aromatic nitrogens is 1. The van der Waals surface area contributed by atoms with E-state index < -0.39 is 11.5 Å². The molecule has 1 amide bonds. The van der Waals surface area contributed by atoms with Gasteiger partial charge in [0.1, 0.15) is 10.5 Å². The van der Waals surface area contributed by atoms with Crippen molar-refractivity contribution in [1.29, 1.82) is 0 Å². The van der Waals surface area contributed by atoms with Crippen molar-refractivity contribution in [3.05, 3.63) is 27.5 Å². The minimum absolute atomic E-state index is 0.0722. The maximum Gasteiger partial charge on any atom is 0.329 e. The van der Waals surface area contributed by atoms with Gasteiger partial charge in [-0.1, -0.05) is 11.6 Å². The smallest absolute Gasteiger partial charge is 0.329 e. The number of halogens is 1. The molecule has 0 aliphatic carbocycles. The summed E-state index contributed by atoms with van der Waals surface area (Å²) >= 11 is 8.77. The summed E-state index contributed by atoms with van der Waals surface area (Å²) in [5, 5.41) is 11.8. The van der Waals surface area contributed by atoms with Crippen LogP contribution in [-0.2, 0) is 16.0 Å². The molecule has 2 aromatic heterocycles. The number of carboxylic acids is 1. The van der Waals surface area contributed by atoms with Gasteiger partial charge < -0.3 is 10.0 Å². The highest BCUT2D eigenvalue weighted by molar-refractivity contribution is 7.23. The van der Waals surface area contributed by atoms with Crippen molar-refractivity contribution in [2.45, 2.75) is 25.8 Å². The molecule has 0 atom stereocenters. The number of thiophene rings is 1. The van der Waals surface area contributed by atoms with E-state index >= 15 is 0 Å². The van der Waals surface area contributed by atoms with E-state index in [4.69, 9.17) is 16.7 Å². The lowest BCUT2D eigenvalue weighted by atomic mass is 10.0. The first kappa shape index (κ1) is 16.9. The van der Waals surface area contributed by atoms with Crippen molar-refractivity contribution in [3.63, 3.8) is 0 Å². The van der Waals surface area contributed by atoms with Crippen LogP contribution in [0.4, 0.5) is 0 Å². The highest BCUT2D eigenvalue weighted by Gasteiger charge is 2.35. The molecule has 0 bridgehead atoms. The number of hydrogen-bond acceptors (Lipinski definition) is 5. The van der Waals surface area contributed by atoms with Crippen molar-refractivity contribution in [2.24, 2.45) is 0 Å². The molecule has 0 aliphatic rings. The number of carbonyl (C=O) groups excluding carboxylic acids is 1. The van der Waals surface area contributed by atoms with Crippen LogP contribution < -0.4 is 0 Å². The Balaban J connectivity index is 2.10. The molecule has 1 N–H and O–H groups in total. The molecule has 2 aromatic rings. The summed E-state index contributed by atoms with van der Waals surface area (Å²) in [6.07, 6.45) is 0.0722. The molecule has 22 heavy (non-hydrogen) atoms. The van der Waals surface area contributed by atoms with E-state index in [-0.39, 0.29) is 12.3 Å². The molecule has 8 heteroatoms. The highest BCUT2D eigenvalue weighted by Crippen LogP contribution is 2.33. The van der Waals surface area contributed by atoms with Crippen LogP contribution in [0.3, 0.4) is 0 Å². The number of carbonyl (C=O) groups is 2. The van der Waals surface area contributed by atoms with Gasteiger partial charge in [0, 0.05) is 12.4 Å². The van der Waals surface area contributed by atoms with Crippen LogP contribution in [0.1, 0.15) is 19.5 Å². The Morgan fingerprint density at radius 3 is 2.64 bits per heavy atom. The van der Waals surface area contributed by atoms with Crippen LogP contribution >= 0.6 is 34.3 Å². The summed E-state index contributed by atoms with van der Waals surface area (Å²) in [7, 11) is 1.49. The lowest BCUT2D eigenvalue weighted by Gasteiger charge is -2.31. The minimum Gasteiger partial charge on any atom is -0.480 e. The number of likely N-dealkylation sites (N-methyl/N-ethyl adjacent to an activating group) is 1. The summed E-state index contributed by atoms with van der Waals surface area (Å²) in [6, 6.07) is 3.69. The van der Waals surface area contributed by atoms with E-state index in [0.29, 0.717) is 10.0 Å². The summed E-state index contributed by atoms with van der Waals surface area (Å²) < 4.78 is 0.686. The van der Waals surface area contributed by atoms with Gasteiger partial charge in [0.05, 0.1) is 21.3 Å². The third kappa shape index (κ3) is 3.48. The number of thiazole rings is 1. The number of aliphatic carboxylic acids is 1. The van der Waals surface area contributed by atoms with Crippen LogP contribution in [0.15, 0.2) is 17.5 Å². The number of amides is 1. The Bertz CT molecular complexity index is 709. The molecule has 5 nitrogen and oxygen atoms in total. The Hall–Kier alpha value is -1.44. The Kier molecular flexibility index (Phi) is 4.89. The first-order chi connectivity index (χ1) is 10.2. The molecular weight excluding hydrogens is 344 g/mol. The van der Waals surface area contributed by atoms with Crippen LogP contribution in [0.25, 0.3) is 9.88 Å². The lowest BCUT2D eigenvalue weighted by Crippen LogP contribution is -2.51. The van der Waals surface area contributed by atoms with Crippen LogP contribution in [0.2, 0.25) is 4.34 Å². The zero-order valence-corrected chi connectivity index (χ0v) is 14.7. The van der Waals surface area contributed by atoms with E-state index in [1.165, 1.54) is 48.5 Å². The maximum absolute atomic E-state index is 12.2. The topological polar surface area (TPSA) is 70.5 Å². The van der Waals surface area contributed by atoms with E-state index in [1.54, 1.807) is 6.07 Å². The Morgan fingerprint density at radius 1 is 1.41 bits per heavy atom. The zero-order chi connectivity index (χ0) is 16.5. The number of hydrogen-bond donors (Lipinski definition) is 1. The van der Waals surface area contributed by atoms with Gasteiger partial charge in [0.25, 0.3) is 0 Å². The van der Waals surface area contributed by atoms with Crippen LogP contribution in [0, 0.1) is 0 Å². The van der Waals surface area contributed by atoms with Gasteiger partial charge in [-0.25, -0.2) is 9.78 Å². The fourth-order valence-electron chi connectivity index (χ4n) is 1.66. The fourth-order valence-corrected chi connectivity index (χ4v) is 3.59. The zero-order valence-electron chi connectivity index (χ0n) is 12.3. The summed E-state index contributed by atoms with van der Waals surface area (Å²) in [6.45, 7) is 2.99. The third-order valence-corrected chi connectivity index (χ3v) is 5.70. The predicted octanol–water partition coefficient (Wildman–Crippen LogP) is 3.39. The molecule has 0 spiro atoms. The summed E-state index contributed by atoms with van der Waals surface area (Å²) in [5.41, 5.74) is -0.625. The second-order valence-corrected chi connectivity index (χ2v) is 7.81. The molecular formula is C14H15ClN2O3S2. The molecule has 2 heterocycles. The highest BCUT2D eigenvalue weighted by atomic mass is 35.5. The van der Waals surface area contributed by atoms with Gasteiger partial charge in [0.2, 0.25) is 5.91 Å². The van der Waals surface area contributed by atoms with E-state index in [1.807, 2.05) is 11.4 Å². The number of rotatable bonds is 5. The Labute approximate surface area is 141 Å². The average molecular weight is 359 g/mol. The van der Waals surface area contributed by atoms with Gasteiger partial charge >= 0.3 is 5.97 Å². The lowest BCUT2D eigenvalue weighted by molar-refractivity contribution is -0.155. The molecule has 0 aromatic carbocycles. The minimum atomic E-state index is -1.25. The van der Waals surface area contributed by atoms with Gasteiger partial charge in [-0.05, 0) is 26.0 Å². The van der Waals surface area contributed by atoms with Crippen LogP contribution in [-0.4, -0.2) is 39.5 Å². The van der Waals surface area contributed by atoms with Crippen molar-refractivity contribution in [3.8, 4) is 9.88 Å². The summed E-state index contributed by atoms with van der Waals surface area (Å²) in [4.78, 5) is 30.0. The van der Waals surface area contributed by atoms with Crippen LogP contribution in [0.5, 0.6) is 0 Å². The standard InChI is InChI=1S/C14H15ClN2O3S2/c1-14(2,13(19)20)17(3)11(18)6-8-7-21-12(16-8)9-4-5-10(15)22-9/h4-5,7H,6H2,1-3H3,(H,19,20). The fraction of sp³-hybridized carbons (Fsp3) is 0.357. The number of carboxylic acid groups (broad SMARTS) is 1.